The molecule has 2 aromatic carbocycles. The van der Waals surface area contributed by atoms with Crippen molar-refractivity contribution in [1.29, 1.82) is 0 Å². The van der Waals surface area contributed by atoms with Gasteiger partial charge in [0.1, 0.15) is 11.5 Å². The fourth-order valence-electron chi connectivity index (χ4n) is 2.36. The van der Waals surface area contributed by atoms with Crippen molar-refractivity contribution in [2.45, 2.75) is 12.7 Å². The minimum absolute atomic E-state index is 0.300. The number of benzene rings is 2. The molecule has 0 aliphatic rings. The van der Waals surface area contributed by atoms with Gasteiger partial charge in [-0.15, -0.1) is 0 Å². The van der Waals surface area contributed by atoms with Gasteiger partial charge in [0.15, 0.2) is 9.84 Å². The lowest BCUT2D eigenvalue weighted by atomic mass is 10.1. The van der Waals surface area contributed by atoms with Gasteiger partial charge in [0.05, 0.1) is 25.0 Å². The van der Waals surface area contributed by atoms with Gasteiger partial charge in [-0.1, -0.05) is 12.1 Å². The van der Waals surface area contributed by atoms with Crippen LogP contribution in [0.4, 0.5) is 5.69 Å². The van der Waals surface area contributed by atoms with E-state index in [1.54, 1.807) is 24.3 Å². The van der Waals surface area contributed by atoms with Crippen molar-refractivity contribution in [1.82, 2.24) is 0 Å². The topological polar surface area (TPSA) is 98.8 Å². The molecule has 1 amide bonds. The van der Waals surface area contributed by atoms with E-state index < -0.39 is 27.5 Å². The first-order chi connectivity index (χ1) is 12.8. The van der Waals surface area contributed by atoms with E-state index in [0.717, 1.165) is 0 Å². The van der Waals surface area contributed by atoms with Gasteiger partial charge in [0.25, 0.3) is 0 Å². The summed E-state index contributed by atoms with van der Waals surface area (Å²) in [6, 6.07) is 12.7. The van der Waals surface area contributed by atoms with Crippen molar-refractivity contribution in [3.63, 3.8) is 0 Å². The van der Waals surface area contributed by atoms with E-state index in [0.29, 0.717) is 29.2 Å². The first-order valence-electron chi connectivity index (χ1n) is 8.23. The molecule has 8 heteroatoms. The predicted molar refractivity (Wildman–Crippen MR) is 102 cm³/mol. The third-order valence-corrected chi connectivity index (χ3v) is 5.04. The summed E-state index contributed by atoms with van der Waals surface area (Å²) >= 11 is 0. The van der Waals surface area contributed by atoms with Gasteiger partial charge in [-0.2, -0.15) is 0 Å². The molecule has 0 aliphatic carbocycles. The van der Waals surface area contributed by atoms with Gasteiger partial charge in [0.2, 0.25) is 5.91 Å². The second-order valence-electron chi connectivity index (χ2n) is 5.73. The standard InChI is InChI=1S/C19H21NO6S/c1-3-26-17-10-8-16(9-11-17)20-18(21)13-27(23,24)12-14-4-6-15(7-5-14)19(22)25-2/h4-11H,3,12-13H2,1-2H3,(H,20,21). The SMILES string of the molecule is CCOc1ccc(NC(=O)CS(=O)(=O)Cc2ccc(C(=O)OC)cc2)cc1. The highest BCUT2D eigenvalue weighted by molar-refractivity contribution is 7.91. The number of methoxy groups -OCH3 is 1. The van der Waals surface area contributed by atoms with Crippen molar-refractivity contribution in [2.24, 2.45) is 0 Å². The summed E-state index contributed by atoms with van der Waals surface area (Å²) in [5.41, 5.74) is 1.30. The highest BCUT2D eigenvalue weighted by Gasteiger charge is 2.18. The number of hydrogen-bond acceptors (Lipinski definition) is 6. The lowest BCUT2D eigenvalue weighted by Crippen LogP contribution is -2.24. The van der Waals surface area contributed by atoms with Crippen molar-refractivity contribution in [3.8, 4) is 5.75 Å². The highest BCUT2D eigenvalue weighted by atomic mass is 32.2. The molecule has 144 valence electrons. The van der Waals surface area contributed by atoms with E-state index >= 15 is 0 Å². The average Bonchev–Trinajstić information content (AvgIpc) is 2.62. The van der Waals surface area contributed by atoms with Gasteiger partial charge >= 0.3 is 5.97 Å². The number of carbonyl (C=O) groups excluding carboxylic acids is 2. The maximum atomic E-state index is 12.2. The minimum atomic E-state index is -3.66. The normalized spacial score (nSPS) is 10.9. The van der Waals surface area contributed by atoms with E-state index in [1.165, 1.54) is 31.4 Å². The first kappa shape index (κ1) is 20.4. The zero-order valence-corrected chi connectivity index (χ0v) is 15.9. The van der Waals surface area contributed by atoms with Crippen molar-refractivity contribution >= 4 is 27.4 Å². The van der Waals surface area contributed by atoms with Crippen LogP contribution in [0.5, 0.6) is 5.75 Å². The van der Waals surface area contributed by atoms with Crippen molar-refractivity contribution in [3.05, 3.63) is 59.7 Å². The molecule has 0 saturated heterocycles. The molecule has 0 spiro atoms. The molecule has 1 N–H and O–H groups in total. The Morgan fingerprint density at radius 2 is 1.63 bits per heavy atom. The molecule has 0 aliphatic heterocycles. The van der Waals surface area contributed by atoms with Crippen molar-refractivity contribution < 1.29 is 27.5 Å². The second-order valence-corrected chi connectivity index (χ2v) is 7.79. The van der Waals surface area contributed by atoms with Crippen LogP contribution in [0.3, 0.4) is 0 Å². The van der Waals surface area contributed by atoms with Crippen LogP contribution < -0.4 is 10.1 Å². The Bertz CT molecular complexity index is 889. The largest absolute Gasteiger partial charge is 0.494 e. The van der Waals surface area contributed by atoms with Gasteiger partial charge in [-0.05, 0) is 48.9 Å². The van der Waals surface area contributed by atoms with Crippen LogP contribution in [0.1, 0.15) is 22.8 Å². The molecule has 7 nitrogen and oxygen atoms in total. The molecule has 2 rings (SSSR count). The Morgan fingerprint density at radius 3 is 2.19 bits per heavy atom. The lowest BCUT2D eigenvalue weighted by Gasteiger charge is -2.08. The Kier molecular flexibility index (Phi) is 6.95. The smallest absolute Gasteiger partial charge is 0.337 e. The predicted octanol–water partition coefficient (Wildman–Crippen LogP) is 2.43. The van der Waals surface area contributed by atoms with E-state index in [4.69, 9.17) is 4.74 Å². The Morgan fingerprint density at radius 1 is 1.00 bits per heavy atom. The van der Waals surface area contributed by atoms with Gasteiger partial charge < -0.3 is 14.8 Å². The Hall–Kier alpha value is -2.87. The zero-order chi connectivity index (χ0) is 19.9. The summed E-state index contributed by atoms with van der Waals surface area (Å²) < 4.78 is 34.4. The van der Waals surface area contributed by atoms with Crippen LogP contribution in [0.2, 0.25) is 0 Å². The number of rotatable bonds is 8. The first-order valence-corrected chi connectivity index (χ1v) is 10.1. The number of nitrogens with one attached hydrogen (secondary N) is 1. The molecule has 0 radical (unpaired) electrons. The number of ether oxygens (including phenoxy) is 2. The van der Waals surface area contributed by atoms with Gasteiger partial charge in [-0.3, -0.25) is 4.79 Å². The number of esters is 1. The van der Waals surface area contributed by atoms with Crippen molar-refractivity contribution in [2.75, 3.05) is 24.8 Å². The fraction of sp³-hybridized carbons (Fsp3) is 0.263. The number of anilines is 1. The lowest BCUT2D eigenvalue weighted by molar-refractivity contribution is -0.113. The second kappa shape index (κ2) is 9.18. The minimum Gasteiger partial charge on any atom is -0.494 e. The molecule has 0 bridgehead atoms. The Balaban J connectivity index is 1.94. The van der Waals surface area contributed by atoms with Crippen LogP contribution in [-0.2, 0) is 25.1 Å². The average molecular weight is 391 g/mol. The van der Waals surface area contributed by atoms with Crippen LogP contribution in [-0.4, -0.2) is 39.8 Å². The van der Waals surface area contributed by atoms with Gasteiger partial charge in [0, 0.05) is 5.69 Å². The third-order valence-electron chi connectivity index (χ3n) is 3.56. The zero-order valence-electron chi connectivity index (χ0n) is 15.1. The summed E-state index contributed by atoms with van der Waals surface area (Å²) in [6.45, 7) is 2.40. The van der Waals surface area contributed by atoms with Crippen LogP contribution >= 0.6 is 0 Å². The molecule has 0 atom stereocenters. The molecular formula is C19H21NO6S. The van der Waals surface area contributed by atoms with Crippen LogP contribution in [0.25, 0.3) is 0 Å². The molecule has 0 aromatic heterocycles. The number of carbonyl (C=O) groups is 2. The van der Waals surface area contributed by atoms with Crippen LogP contribution in [0.15, 0.2) is 48.5 Å². The van der Waals surface area contributed by atoms with Crippen LogP contribution in [0, 0.1) is 0 Å². The number of sulfone groups is 1. The van der Waals surface area contributed by atoms with E-state index in [1.807, 2.05) is 6.92 Å². The molecule has 2 aromatic rings. The molecule has 0 fully saturated rings. The summed E-state index contributed by atoms with van der Waals surface area (Å²) in [5, 5.41) is 2.55. The highest BCUT2D eigenvalue weighted by Crippen LogP contribution is 2.16. The molecule has 0 heterocycles. The van der Waals surface area contributed by atoms with E-state index in [2.05, 4.69) is 10.1 Å². The Labute approximate surface area is 158 Å². The van der Waals surface area contributed by atoms with Gasteiger partial charge in [-0.25, -0.2) is 13.2 Å². The molecule has 27 heavy (non-hydrogen) atoms. The molecular weight excluding hydrogens is 370 g/mol. The quantitative estimate of drug-likeness (QED) is 0.694. The molecule has 0 saturated carbocycles. The van der Waals surface area contributed by atoms with E-state index in [-0.39, 0.29) is 5.75 Å². The summed E-state index contributed by atoms with van der Waals surface area (Å²) in [7, 11) is -2.39. The maximum Gasteiger partial charge on any atom is 0.337 e. The summed E-state index contributed by atoms with van der Waals surface area (Å²) in [4.78, 5) is 23.4. The fourth-order valence-corrected chi connectivity index (χ4v) is 3.63. The third kappa shape index (κ3) is 6.41. The summed E-state index contributed by atoms with van der Waals surface area (Å²) in [6.07, 6.45) is 0. The number of hydrogen-bond donors (Lipinski definition) is 1. The maximum absolute atomic E-state index is 12.2. The number of amides is 1. The summed E-state index contributed by atoms with van der Waals surface area (Å²) in [5.74, 6) is -1.40. The monoisotopic (exact) mass is 391 g/mol. The molecule has 0 unspecified atom stereocenters. The van der Waals surface area contributed by atoms with E-state index in [9.17, 15) is 18.0 Å².